The van der Waals surface area contributed by atoms with Crippen LogP contribution < -0.4 is 5.32 Å². The van der Waals surface area contributed by atoms with Crippen LogP contribution in [0.4, 0.5) is 0 Å². The van der Waals surface area contributed by atoms with Gasteiger partial charge in [-0.2, -0.15) is 0 Å². The molecule has 0 saturated carbocycles. The highest BCUT2D eigenvalue weighted by Gasteiger charge is 2.08. The van der Waals surface area contributed by atoms with Gasteiger partial charge in [-0.15, -0.1) is 0 Å². The fraction of sp³-hybridized carbons (Fsp3) is 1.00. The van der Waals surface area contributed by atoms with E-state index in [-0.39, 0.29) is 0 Å². The van der Waals surface area contributed by atoms with E-state index in [1.807, 2.05) is 0 Å². The van der Waals surface area contributed by atoms with E-state index in [1.54, 1.807) is 0 Å². The summed E-state index contributed by atoms with van der Waals surface area (Å²) in [5.74, 6) is 0.932. The van der Waals surface area contributed by atoms with Crippen LogP contribution in [-0.2, 0) is 0 Å². The Kier molecular flexibility index (Phi) is 26.0. The molecule has 0 aliphatic carbocycles. The average molecular weight is 410 g/mol. The average Bonchev–Trinajstić information content (AvgIpc) is 2.73. The van der Waals surface area contributed by atoms with Gasteiger partial charge in [-0.1, -0.05) is 143 Å². The predicted molar refractivity (Wildman–Crippen MR) is 135 cm³/mol. The number of nitrogens with one attached hydrogen (secondary N) is 1. The van der Waals surface area contributed by atoms with Gasteiger partial charge in [-0.3, -0.25) is 0 Å². The Balaban J connectivity index is 3.74. The second kappa shape index (κ2) is 26.0. The van der Waals surface area contributed by atoms with Crippen LogP contribution in [0.3, 0.4) is 0 Å². The van der Waals surface area contributed by atoms with Gasteiger partial charge < -0.3 is 5.32 Å². The summed E-state index contributed by atoms with van der Waals surface area (Å²) in [6.07, 6.45) is 31.6. The van der Waals surface area contributed by atoms with Gasteiger partial charge in [0.1, 0.15) is 0 Å². The molecule has 1 nitrogen and oxygen atoms in total. The van der Waals surface area contributed by atoms with Gasteiger partial charge in [-0.25, -0.2) is 0 Å². The highest BCUT2D eigenvalue weighted by molar-refractivity contribution is 4.64. The molecule has 0 spiro atoms. The van der Waals surface area contributed by atoms with E-state index in [4.69, 9.17) is 0 Å². The maximum Gasteiger partial charge on any atom is -0.00205 e. The first-order valence-electron chi connectivity index (χ1n) is 14.1. The van der Waals surface area contributed by atoms with Crippen molar-refractivity contribution in [3.63, 3.8) is 0 Å². The zero-order valence-electron chi connectivity index (χ0n) is 21.0. The first kappa shape index (κ1) is 29.0. The molecule has 1 heteroatoms. The van der Waals surface area contributed by atoms with Crippen molar-refractivity contribution in [2.75, 3.05) is 13.1 Å². The molecule has 0 aliphatic rings. The van der Waals surface area contributed by atoms with E-state index in [2.05, 4.69) is 26.1 Å². The normalized spacial score (nSPS) is 11.6. The van der Waals surface area contributed by atoms with Crippen LogP contribution in [0.5, 0.6) is 0 Å². The van der Waals surface area contributed by atoms with Crippen molar-refractivity contribution in [1.29, 1.82) is 0 Å². The molecule has 0 aromatic rings. The van der Waals surface area contributed by atoms with Crippen molar-refractivity contribution in [1.82, 2.24) is 5.32 Å². The Morgan fingerprint density at radius 3 is 1.17 bits per heavy atom. The van der Waals surface area contributed by atoms with Crippen molar-refractivity contribution in [2.45, 2.75) is 162 Å². The molecule has 0 radical (unpaired) electrons. The van der Waals surface area contributed by atoms with Crippen LogP contribution in [0.15, 0.2) is 0 Å². The monoisotopic (exact) mass is 409 g/mol. The highest BCUT2D eigenvalue weighted by atomic mass is 14.8. The van der Waals surface area contributed by atoms with Crippen LogP contribution in [-0.4, -0.2) is 13.1 Å². The standard InChI is InChI=1S/C28H59N/c1-4-7-10-13-16-17-20-23-26-29-27-28(24-21-18-14-11-8-5-2)25-22-19-15-12-9-6-3/h28-29H,4-27H2,1-3H3. The van der Waals surface area contributed by atoms with Crippen LogP contribution in [0.25, 0.3) is 0 Å². The fourth-order valence-corrected chi connectivity index (χ4v) is 4.47. The number of hydrogen-bond donors (Lipinski definition) is 1. The van der Waals surface area contributed by atoms with Gasteiger partial charge in [0, 0.05) is 0 Å². The Hall–Kier alpha value is -0.0400. The lowest BCUT2D eigenvalue weighted by Gasteiger charge is -2.18. The quantitative estimate of drug-likeness (QED) is 0.148. The molecule has 0 fully saturated rings. The van der Waals surface area contributed by atoms with E-state index >= 15 is 0 Å². The highest BCUT2D eigenvalue weighted by Crippen LogP contribution is 2.19. The SMILES string of the molecule is CCCCCCCCCCNCC(CCCCCCCC)CCCCCCCC. The van der Waals surface area contributed by atoms with Crippen molar-refractivity contribution in [3.05, 3.63) is 0 Å². The third-order valence-corrected chi connectivity index (χ3v) is 6.57. The van der Waals surface area contributed by atoms with Gasteiger partial charge in [0.15, 0.2) is 0 Å². The lowest BCUT2D eigenvalue weighted by molar-refractivity contribution is 0.379. The molecule has 0 aliphatic heterocycles. The molecule has 0 unspecified atom stereocenters. The van der Waals surface area contributed by atoms with Crippen molar-refractivity contribution < 1.29 is 0 Å². The van der Waals surface area contributed by atoms with Crippen LogP contribution in [0, 0.1) is 5.92 Å². The summed E-state index contributed by atoms with van der Waals surface area (Å²) in [4.78, 5) is 0. The molecule has 0 amide bonds. The molecule has 1 N–H and O–H groups in total. The molecule has 0 aromatic carbocycles. The first-order chi connectivity index (χ1) is 14.3. The second-order valence-electron chi connectivity index (χ2n) is 9.66. The lowest BCUT2D eigenvalue weighted by atomic mass is 9.94. The largest absolute Gasteiger partial charge is 0.316 e. The molecule has 0 aromatic heterocycles. The first-order valence-corrected chi connectivity index (χ1v) is 14.1. The molecule has 0 bridgehead atoms. The van der Waals surface area contributed by atoms with Crippen LogP contribution in [0.2, 0.25) is 0 Å². The van der Waals surface area contributed by atoms with Crippen molar-refractivity contribution in [2.24, 2.45) is 5.92 Å². The van der Waals surface area contributed by atoms with Crippen molar-refractivity contribution in [3.8, 4) is 0 Å². The second-order valence-corrected chi connectivity index (χ2v) is 9.66. The van der Waals surface area contributed by atoms with Gasteiger partial charge in [-0.05, 0) is 38.3 Å². The van der Waals surface area contributed by atoms with E-state index in [0.717, 1.165) is 5.92 Å². The van der Waals surface area contributed by atoms with Gasteiger partial charge in [0.2, 0.25) is 0 Å². The molecule has 176 valence electrons. The summed E-state index contributed by atoms with van der Waals surface area (Å²) in [7, 11) is 0. The smallest absolute Gasteiger partial charge is 0.00205 e. The lowest BCUT2D eigenvalue weighted by Crippen LogP contribution is -2.24. The van der Waals surface area contributed by atoms with Gasteiger partial charge >= 0.3 is 0 Å². The Bertz CT molecular complexity index is 259. The summed E-state index contributed by atoms with van der Waals surface area (Å²) in [5.41, 5.74) is 0. The zero-order chi connectivity index (χ0) is 21.3. The van der Waals surface area contributed by atoms with Crippen LogP contribution in [0.1, 0.15) is 162 Å². The topological polar surface area (TPSA) is 12.0 Å². The Morgan fingerprint density at radius 1 is 0.414 bits per heavy atom. The molecule has 29 heavy (non-hydrogen) atoms. The Morgan fingerprint density at radius 2 is 0.759 bits per heavy atom. The third-order valence-electron chi connectivity index (χ3n) is 6.57. The zero-order valence-corrected chi connectivity index (χ0v) is 21.0. The van der Waals surface area contributed by atoms with E-state index in [0.29, 0.717) is 0 Å². The van der Waals surface area contributed by atoms with Crippen molar-refractivity contribution >= 4 is 0 Å². The molecule has 0 rings (SSSR count). The molecule has 0 heterocycles. The number of hydrogen-bond acceptors (Lipinski definition) is 1. The summed E-state index contributed by atoms with van der Waals surface area (Å²) >= 11 is 0. The summed E-state index contributed by atoms with van der Waals surface area (Å²) in [6.45, 7) is 9.46. The Labute approximate surface area is 186 Å². The van der Waals surface area contributed by atoms with Gasteiger partial charge in [0.05, 0.1) is 0 Å². The number of unbranched alkanes of at least 4 members (excludes halogenated alkanes) is 17. The molecule has 0 atom stereocenters. The minimum Gasteiger partial charge on any atom is -0.316 e. The summed E-state index contributed by atoms with van der Waals surface area (Å²) < 4.78 is 0. The van der Waals surface area contributed by atoms with Crippen LogP contribution >= 0.6 is 0 Å². The molecule has 0 saturated heterocycles. The van der Waals surface area contributed by atoms with E-state index < -0.39 is 0 Å². The fourth-order valence-electron chi connectivity index (χ4n) is 4.47. The van der Waals surface area contributed by atoms with E-state index in [1.165, 1.54) is 154 Å². The minimum atomic E-state index is 0.932. The molecular weight excluding hydrogens is 350 g/mol. The number of rotatable bonds is 25. The minimum absolute atomic E-state index is 0.932. The van der Waals surface area contributed by atoms with Gasteiger partial charge in [0.25, 0.3) is 0 Å². The third kappa shape index (κ3) is 24.1. The summed E-state index contributed by atoms with van der Waals surface area (Å²) in [5, 5.41) is 3.82. The maximum absolute atomic E-state index is 3.82. The summed E-state index contributed by atoms with van der Waals surface area (Å²) in [6, 6.07) is 0. The maximum atomic E-state index is 3.82. The molecular formula is C28H59N. The van der Waals surface area contributed by atoms with E-state index in [9.17, 15) is 0 Å². The predicted octanol–water partition coefficient (Wildman–Crippen LogP) is 9.83.